The lowest BCUT2D eigenvalue weighted by Gasteiger charge is -2.27. The molecule has 0 spiro atoms. The Morgan fingerprint density at radius 2 is 1.73 bits per heavy atom. The molecule has 0 amide bonds. The number of nitrogens with two attached hydrogens (primary N) is 1. The molecule has 4 N–H and O–H groups in total. The maximum Gasteiger partial charge on any atom is 0.126 e. The Kier molecular flexibility index (Phi) is 6.72. The summed E-state index contributed by atoms with van der Waals surface area (Å²) < 4.78 is 0. The Balaban J connectivity index is 1.49. The molecule has 0 bridgehead atoms. The molecule has 1 saturated carbocycles. The summed E-state index contributed by atoms with van der Waals surface area (Å²) in [6, 6.07) is 14.4. The second kappa shape index (κ2) is 9.65. The molecule has 0 aliphatic heterocycles. The van der Waals surface area contributed by atoms with Gasteiger partial charge >= 0.3 is 0 Å². The van der Waals surface area contributed by atoms with E-state index in [0.717, 1.165) is 59.0 Å². The third kappa shape index (κ3) is 5.22. The second-order valence-electron chi connectivity index (χ2n) is 7.68. The Hall–Kier alpha value is -2.34. The van der Waals surface area contributed by atoms with Crippen LogP contribution in [0.4, 0.5) is 11.6 Å². The van der Waals surface area contributed by atoms with E-state index in [-0.39, 0.29) is 0 Å². The van der Waals surface area contributed by atoms with Gasteiger partial charge in [0.2, 0.25) is 0 Å². The van der Waals surface area contributed by atoms with Crippen molar-refractivity contribution >= 4 is 34.8 Å². The van der Waals surface area contributed by atoms with E-state index in [9.17, 15) is 0 Å². The first-order chi connectivity index (χ1) is 14.6. The van der Waals surface area contributed by atoms with Crippen LogP contribution < -0.4 is 16.4 Å². The van der Waals surface area contributed by atoms with Crippen LogP contribution in [0, 0.1) is 0 Å². The van der Waals surface area contributed by atoms with Crippen LogP contribution in [0.15, 0.2) is 54.9 Å². The van der Waals surface area contributed by atoms with Crippen molar-refractivity contribution in [2.45, 2.75) is 44.3 Å². The molecule has 1 fully saturated rings. The van der Waals surface area contributed by atoms with E-state index in [2.05, 4.69) is 20.6 Å². The molecular formula is C23H25Cl2N5. The lowest BCUT2D eigenvalue weighted by atomic mass is 9.92. The number of nitrogens with one attached hydrogen (secondary N) is 2. The number of hydrogen-bond acceptors (Lipinski definition) is 5. The number of benzene rings is 1. The predicted octanol–water partition coefficient (Wildman–Crippen LogP) is 5.74. The fourth-order valence-corrected chi connectivity index (χ4v) is 4.15. The van der Waals surface area contributed by atoms with Crippen LogP contribution in [0.2, 0.25) is 10.0 Å². The molecular weight excluding hydrogens is 417 g/mol. The van der Waals surface area contributed by atoms with E-state index in [4.69, 9.17) is 28.9 Å². The van der Waals surface area contributed by atoms with Crippen LogP contribution in [-0.2, 0) is 6.54 Å². The summed E-state index contributed by atoms with van der Waals surface area (Å²) in [7, 11) is 0. The molecule has 5 nitrogen and oxygen atoms in total. The maximum atomic E-state index is 6.47. The average Bonchev–Trinajstić information content (AvgIpc) is 2.76. The predicted molar refractivity (Wildman–Crippen MR) is 125 cm³/mol. The Morgan fingerprint density at radius 3 is 2.53 bits per heavy atom. The number of nitrogens with zero attached hydrogens (tertiary/aromatic N) is 2. The van der Waals surface area contributed by atoms with Crippen molar-refractivity contribution in [3.05, 3.63) is 70.5 Å². The maximum absolute atomic E-state index is 6.47. The van der Waals surface area contributed by atoms with Crippen LogP contribution >= 0.6 is 23.2 Å². The minimum absolute atomic E-state index is 0.324. The zero-order valence-corrected chi connectivity index (χ0v) is 18.1. The third-order valence-corrected chi connectivity index (χ3v) is 6.14. The fourth-order valence-electron chi connectivity index (χ4n) is 3.73. The lowest BCUT2D eigenvalue weighted by molar-refractivity contribution is 0.410. The zero-order valence-electron chi connectivity index (χ0n) is 16.6. The molecule has 0 saturated heterocycles. The van der Waals surface area contributed by atoms with Crippen LogP contribution in [-0.4, -0.2) is 22.1 Å². The van der Waals surface area contributed by atoms with Gasteiger partial charge in [-0.25, -0.2) is 9.97 Å². The van der Waals surface area contributed by atoms with Crippen molar-refractivity contribution in [1.82, 2.24) is 9.97 Å². The van der Waals surface area contributed by atoms with Gasteiger partial charge in [-0.05, 0) is 61.1 Å². The van der Waals surface area contributed by atoms with Crippen molar-refractivity contribution in [1.29, 1.82) is 0 Å². The van der Waals surface area contributed by atoms with Gasteiger partial charge in [-0.15, -0.1) is 0 Å². The average molecular weight is 442 g/mol. The summed E-state index contributed by atoms with van der Waals surface area (Å²) in [5, 5.41) is 8.21. The number of hydrogen-bond donors (Lipinski definition) is 3. The van der Waals surface area contributed by atoms with E-state index in [1.807, 2.05) is 42.5 Å². The highest BCUT2D eigenvalue weighted by atomic mass is 35.5. The smallest absolute Gasteiger partial charge is 0.126 e. The summed E-state index contributed by atoms with van der Waals surface area (Å²) in [6.45, 7) is 0.594. The minimum Gasteiger partial charge on any atom is -0.367 e. The zero-order chi connectivity index (χ0) is 20.9. The largest absolute Gasteiger partial charge is 0.367 e. The van der Waals surface area contributed by atoms with E-state index < -0.39 is 0 Å². The van der Waals surface area contributed by atoms with Gasteiger partial charge in [-0.3, -0.25) is 0 Å². The van der Waals surface area contributed by atoms with Gasteiger partial charge in [0.05, 0.1) is 5.02 Å². The Bertz CT molecular complexity index is 1000. The highest BCUT2D eigenvalue weighted by molar-refractivity contribution is 6.33. The topological polar surface area (TPSA) is 75.9 Å². The van der Waals surface area contributed by atoms with Gasteiger partial charge < -0.3 is 16.4 Å². The molecule has 1 aliphatic carbocycles. The summed E-state index contributed by atoms with van der Waals surface area (Å²) in [6.07, 6.45) is 7.69. The first kappa shape index (κ1) is 20.9. The van der Waals surface area contributed by atoms with Crippen molar-refractivity contribution in [3.8, 4) is 11.1 Å². The molecule has 1 aromatic carbocycles. The van der Waals surface area contributed by atoms with Crippen molar-refractivity contribution in [2.75, 3.05) is 10.6 Å². The number of anilines is 2. The van der Waals surface area contributed by atoms with Gasteiger partial charge in [0, 0.05) is 41.6 Å². The summed E-state index contributed by atoms with van der Waals surface area (Å²) in [5.41, 5.74) is 8.94. The molecule has 1 aliphatic rings. The van der Waals surface area contributed by atoms with Gasteiger partial charge in [0.15, 0.2) is 0 Å². The minimum atomic E-state index is 0.324. The van der Waals surface area contributed by atoms with Crippen LogP contribution in [0.3, 0.4) is 0 Å². The highest BCUT2D eigenvalue weighted by Gasteiger charge is 2.19. The van der Waals surface area contributed by atoms with Crippen molar-refractivity contribution in [2.24, 2.45) is 5.73 Å². The van der Waals surface area contributed by atoms with E-state index >= 15 is 0 Å². The molecule has 0 unspecified atom stereocenters. The third-order valence-electron chi connectivity index (χ3n) is 5.47. The summed E-state index contributed by atoms with van der Waals surface area (Å²) in [5.74, 6) is 1.59. The summed E-state index contributed by atoms with van der Waals surface area (Å²) >= 11 is 12.7. The van der Waals surface area contributed by atoms with Crippen molar-refractivity contribution < 1.29 is 0 Å². The van der Waals surface area contributed by atoms with E-state index in [1.165, 1.54) is 0 Å². The molecule has 4 rings (SSSR count). The van der Waals surface area contributed by atoms with Crippen LogP contribution in [0.1, 0.15) is 31.2 Å². The highest BCUT2D eigenvalue weighted by Crippen LogP contribution is 2.31. The first-order valence-electron chi connectivity index (χ1n) is 10.2. The molecule has 2 heterocycles. The SMILES string of the molecule is NC1CCC(Nc2cc(-c3ccnc(NCc4ccccc4Cl)c3)c(Cl)cn2)CC1. The molecule has 3 aromatic rings. The fraction of sp³-hybridized carbons (Fsp3) is 0.304. The molecule has 2 aromatic heterocycles. The molecule has 30 heavy (non-hydrogen) atoms. The normalized spacial score (nSPS) is 18.8. The molecule has 156 valence electrons. The van der Waals surface area contributed by atoms with E-state index in [0.29, 0.717) is 23.7 Å². The van der Waals surface area contributed by atoms with Crippen molar-refractivity contribution in [3.63, 3.8) is 0 Å². The number of rotatable bonds is 6. The van der Waals surface area contributed by atoms with E-state index in [1.54, 1.807) is 12.4 Å². The van der Waals surface area contributed by atoms with Crippen LogP contribution in [0.5, 0.6) is 0 Å². The van der Waals surface area contributed by atoms with Gasteiger partial charge in [0.25, 0.3) is 0 Å². The molecule has 0 atom stereocenters. The Morgan fingerprint density at radius 1 is 0.933 bits per heavy atom. The second-order valence-corrected chi connectivity index (χ2v) is 8.49. The Labute approximate surface area is 187 Å². The number of pyridine rings is 2. The molecule has 7 heteroatoms. The van der Waals surface area contributed by atoms with Gasteiger partial charge in [-0.2, -0.15) is 0 Å². The lowest BCUT2D eigenvalue weighted by Crippen LogP contribution is -2.33. The quantitative estimate of drug-likeness (QED) is 0.454. The number of aromatic nitrogens is 2. The number of halogens is 2. The van der Waals surface area contributed by atoms with Gasteiger partial charge in [0.1, 0.15) is 11.6 Å². The standard InChI is InChI=1S/C23H25Cl2N5/c24-20-4-2-1-3-16(20)13-28-22-11-15(9-10-27-22)19-12-23(29-14-21(19)25)30-18-7-5-17(26)6-8-18/h1-4,9-12,14,17-18H,5-8,13,26H2,(H,27,28)(H,29,30). The molecule has 0 radical (unpaired) electrons. The van der Waals surface area contributed by atoms with Gasteiger partial charge in [-0.1, -0.05) is 41.4 Å². The van der Waals surface area contributed by atoms with Crippen LogP contribution in [0.25, 0.3) is 11.1 Å². The monoisotopic (exact) mass is 441 g/mol. The first-order valence-corrected chi connectivity index (χ1v) is 11.0. The summed E-state index contributed by atoms with van der Waals surface area (Å²) in [4.78, 5) is 8.89.